The van der Waals surface area contributed by atoms with Gasteiger partial charge in [-0.2, -0.15) is 0 Å². The Morgan fingerprint density at radius 1 is 1.50 bits per heavy atom. The summed E-state index contributed by atoms with van der Waals surface area (Å²) in [5.41, 5.74) is 2.20. The third kappa shape index (κ3) is 2.24. The third-order valence-corrected chi connectivity index (χ3v) is 2.45. The monoisotopic (exact) mass is 218 g/mol. The first-order valence-electron chi connectivity index (χ1n) is 5.41. The van der Waals surface area contributed by atoms with Gasteiger partial charge in [0.05, 0.1) is 19.3 Å². The van der Waals surface area contributed by atoms with Gasteiger partial charge in [-0.05, 0) is 12.5 Å². The van der Waals surface area contributed by atoms with Gasteiger partial charge in [0.1, 0.15) is 5.76 Å². The number of carbonyl (C=O) groups excluding carboxylic acids is 1. The van der Waals surface area contributed by atoms with Gasteiger partial charge in [-0.1, -0.05) is 24.3 Å². The largest absolute Gasteiger partial charge is 0.492 e. The van der Waals surface area contributed by atoms with Crippen molar-refractivity contribution in [2.24, 2.45) is 0 Å². The smallest absolute Gasteiger partial charge is 0.334 e. The molecule has 1 aliphatic rings. The zero-order valence-electron chi connectivity index (χ0n) is 9.23. The molecule has 3 heteroatoms. The first-order chi connectivity index (χ1) is 7.81. The van der Waals surface area contributed by atoms with Crippen molar-refractivity contribution in [3.05, 3.63) is 41.5 Å². The van der Waals surface area contributed by atoms with Gasteiger partial charge in [0.15, 0.2) is 0 Å². The summed E-state index contributed by atoms with van der Waals surface area (Å²) in [6.07, 6.45) is 2.30. The molecule has 0 radical (unpaired) electrons. The molecule has 0 N–H and O–H groups in total. The molecule has 0 amide bonds. The van der Waals surface area contributed by atoms with Gasteiger partial charge in [0.2, 0.25) is 0 Å². The first-order valence-corrected chi connectivity index (χ1v) is 5.41. The quantitative estimate of drug-likeness (QED) is 0.563. The SMILES string of the molecule is CCOC(=O)/C=C1\OCCc2ccccc21. The van der Waals surface area contributed by atoms with E-state index >= 15 is 0 Å². The van der Waals surface area contributed by atoms with Crippen molar-refractivity contribution < 1.29 is 14.3 Å². The summed E-state index contributed by atoms with van der Waals surface area (Å²) in [6.45, 7) is 2.78. The highest BCUT2D eigenvalue weighted by atomic mass is 16.5. The molecule has 0 aliphatic carbocycles. The number of fused-ring (bicyclic) bond motifs is 1. The van der Waals surface area contributed by atoms with Crippen LogP contribution in [0, 0.1) is 0 Å². The number of rotatable bonds is 2. The molecule has 1 heterocycles. The van der Waals surface area contributed by atoms with Gasteiger partial charge in [-0.15, -0.1) is 0 Å². The normalized spacial score (nSPS) is 16.4. The Kier molecular flexibility index (Phi) is 3.25. The Morgan fingerprint density at radius 3 is 3.12 bits per heavy atom. The zero-order chi connectivity index (χ0) is 11.4. The van der Waals surface area contributed by atoms with Crippen LogP contribution in [0.5, 0.6) is 0 Å². The van der Waals surface area contributed by atoms with Gasteiger partial charge in [0, 0.05) is 12.0 Å². The van der Waals surface area contributed by atoms with E-state index in [4.69, 9.17) is 9.47 Å². The Bertz CT molecular complexity index is 421. The summed E-state index contributed by atoms with van der Waals surface area (Å²) >= 11 is 0. The predicted molar refractivity (Wildman–Crippen MR) is 60.7 cm³/mol. The van der Waals surface area contributed by atoms with E-state index in [1.54, 1.807) is 6.92 Å². The fraction of sp³-hybridized carbons (Fsp3) is 0.308. The average Bonchev–Trinajstić information content (AvgIpc) is 2.30. The Balaban J connectivity index is 2.28. The Morgan fingerprint density at radius 2 is 2.31 bits per heavy atom. The van der Waals surface area contributed by atoms with Crippen LogP contribution in [0.1, 0.15) is 18.1 Å². The number of hydrogen-bond acceptors (Lipinski definition) is 3. The van der Waals surface area contributed by atoms with Gasteiger partial charge < -0.3 is 9.47 Å². The molecular weight excluding hydrogens is 204 g/mol. The Hall–Kier alpha value is -1.77. The molecule has 3 nitrogen and oxygen atoms in total. The molecule has 0 fully saturated rings. The molecule has 16 heavy (non-hydrogen) atoms. The summed E-state index contributed by atoms with van der Waals surface area (Å²) < 4.78 is 10.3. The van der Waals surface area contributed by atoms with Crippen LogP contribution in [-0.4, -0.2) is 19.2 Å². The molecule has 0 saturated carbocycles. The lowest BCUT2D eigenvalue weighted by atomic mass is 10.0. The van der Waals surface area contributed by atoms with E-state index in [1.807, 2.05) is 18.2 Å². The highest BCUT2D eigenvalue weighted by Crippen LogP contribution is 2.25. The molecule has 1 aliphatic heterocycles. The number of hydrogen-bond donors (Lipinski definition) is 0. The van der Waals surface area contributed by atoms with Gasteiger partial charge in [-0.25, -0.2) is 4.79 Å². The lowest BCUT2D eigenvalue weighted by Gasteiger charge is -2.19. The van der Waals surface area contributed by atoms with Crippen molar-refractivity contribution in [1.29, 1.82) is 0 Å². The Labute approximate surface area is 94.7 Å². The summed E-state index contributed by atoms with van der Waals surface area (Å²) in [6, 6.07) is 7.94. The minimum atomic E-state index is -0.353. The lowest BCUT2D eigenvalue weighted by Crippen LogP contribution is -2.11. The second-order valence-corrected chi connectivity index (χ2v) is 3.52. The van der Waals surface area contributed by atoms with Gasteiger partial charge in [-0.3, -0.25) is 0 Å². The number of ether oxygens (including phenoxy) is 2. The van der Waals surface area contributed by atoms with E-state index in [-0.39, 0.29) is 5.97 Å². The van der Waals surface area contributed by atoms with Crippen molar-refractivity contribution in [3.63, 3.8) is 0 Å². The first kappa shape index (κ1) is 10.7. The summed E-state index contributed by atoms with van der Waals surface area (Å²) in [7, 11) is 0. The zero-order valence-corrected chi connectivity index (χ0v) is 9.23. The highest BCUT2D eigenvalue weighted by molar-refractivity contribution is 5.90. The molecule has 0 spiro atoms. The van der Waals surface area contributed by atoms with Gasteiger partial charge in [0.25, 0.3) is 0 Å². The van der Waals surface area contributed by atoms with Crippen molar-refractivity contribution in [2.75, 3.05) is 13.2 Å². The summed E-state index contributed by atoms with van der Waals surface area (Å²) in [5, 5.41) is 0. The van der Waals surface area contributed by atoms with Crippen LogP contribution in [0.15, 0.2) is 30.3 Å². The average molecular weight is 218 g/mol. The molecule has 1 aromatic carbocycles. The van der Waals surface area contributed by atoms with Crippen molar-refractivity contribution >= 4 is 11.7 Å². The van der Waals surface area contributed by atoms with Crippen LogP contribution >= 0.6 is 0 Å². The fourth-order valence-electron chi connectivity index (χ4n) is 1.74. The maximum absolute atomic E-state index is 11.3. The van der Waals surface area contributed by atoms with Crippen molar-refractivity contribution in [1.82, 2.24) is 0 Å². The molecule has 0 saturated heterocycles. The summed E-state index contributed by atoms with van der Waals surface area (Å²) in [4.78, 5) is 11.3. The number of benzene rings is 1. The van der Waals surface area contributed by atoms with Crippen LogP contribution in [0.25, 0.3) is 5.76 Å². The molecule has 0 bridgehead atoms. The maximum Gasteiger partial charge on any atom is 0.334 e. The van der Waals surface area contributed by atoms with E-state index in [1.165, 1.54) is 11.6 Å². The van der Waals surface area contributed by atoms with E-state index in [2.05, 4.69) is 6.07 Å². The second kappa shape index (κ2) is 4.84. The highest BCUT2D eigenvalue weighted by Gasteiger charge is 2.15. The lowest BCUT2D eigenvalue weighted by molar-refractivity contribution is -0.137. The van der Waals surface area contributed by atoms with E-state index in [0.29, 0.717) is 19.0 Å². The minimum Gasteiger partial charge on any atom is -0.492 e. The molecule has 1 aromatic rings. The van der Waals surface area contributed by atoms with Crippen LogP contribution in [0.2, 0.25) is 0 Å². The maximum atomic E-state index is 11.3. The summed E-state index contributed by atoms with van der Waals surface area (Å²) in [5.74, 6) is 0.259. The van der Waals surface area contributed by atoms with Crippen LogP contribution in [-0.2, 0) is 20.7 Å². The topological polar surface area (TPSA) is 35.5 Å². The van der Waals surface area contributed by atoms with Crippen molar-refractivity contribution in [2.45, 2.75) is 13.3 Å². The fourth-order valence-corrected chi connectivity index (χ4v) is 1.74. The number of esters is 1. The van der Waals surface area contributed by atoms with E-state index < -0.39 is 0 Å². The van der Waals surface area contributed by atoms with Crippen LogP contribution in [0.3, 0.4) is 0 Å². The molecule has 2 rings (SSSR count). The number of carbonyl (C=O) groups is 1. The predicted octanol–water partition coefficient (Wildman–Crippen LogP) is 2.16. The molecule has 0 unspecified atom stereocenters. The molecular formula is C13H14O3. The third-order valence-electron chi connectivity index (χ3n) is 2.45. The van der Waals surface area contributed by atoms with Crippen molar-refractivity contribution in [3.8, 4) is 0 Å². The van der Waals surface area contributed by atoms with Crippen LogP contribution in [0.4, 0.5) is 0 Å². The van der Waals surface area contributed by atoms with E-state index in [0.717, 1.165) is 12.0 Å². The standard InChI is InChI=1S/C13H14O3/c1-2-15-13(14)9-12-11-6-4-3-5-10(11)7-8-16-12/h3-6,9H,2,7-8H2,1H3/b12-9-. The second-order valence-electron chi connectivity index (χ2n) is 3.52. The molecule has 84 valence electrons. The van der Waals surface area contributed by atoms with Crippen LogP contribution < -0.4 is 0 Å². The molecule has 0 aromatic heterocycles. The van der Waals surface area contributed by atoms with Gasteiger partial charge >= 0.3 is 5.97 Å². The van der Waals surface area contributed by atoms with E-state index in [9.17, 15) is 4.79 Å². The molecule has 0 atom stereocenters. The minimum absolute atomic E-state index is 0.353.